The van der Waals surface area contributed by atoms with Crippen molar-refractivity contribution in [1.82, 2.24) is 24.5 Å². The molecule has 0 radical (unpaired) electrons. The Balaban J connectivity index is 1.44. The van der Waals surface area contributed by atoms with E-state index in [-0.39, 0.29) is 11.6 Å². The average molecular weight is 461 g/mol. The van der Waals surface area contributed by atoms with Gasteiger partial charge in [-0.2, -0.15) is 0 Å². The van der Waals surface area contributed by atoms with Crippen LogP contribution in [-0.4, -0.2) is 68.6 Å². The summed E-state index contributed by atoms with van der Waals surface area (Å²) in [7, 11) is 1.61. The fourth-order valence-electron chi connectivity index (χ4n) is 4.28. The molecular weight excluding hydrogens is 438 g/mol. The Bertz CT molecular complexity index is 1370. The molecule has 2 aromatic heterocycles. The molecule has 2 aromatic carbocycles. The normalized spacial score (nSPS) is 14.5. The van der Waals surface area contributed by atoms with Gasteiger partial charge in [0.25, 0.3) is 11.6 Å². The van der Waals surface area contributed by atoms with E-state index in [1.165, 1.54) is 24.3 Å². The lowest BCUT2D eigenvalue weighted by molar-refractivity contribution is -0.384. The number of hydrogen-bond donors (Lipinski definition) is 0. The maximum absolute atomic E-state index is 13.0. The lowest BCUT2D eigenvalue weighted by Crippen LogP contribution is -2.36. The molecule has 5 rings (SSSR count). The highest BCUT2D eigenvalue weighted by atomic mass is 16.6. The number of amides is 1. The fraction of sp³-hybridized carbons (Fsp3) is 0.304. The average Bonchev–Trinajstić information content (AvgIpc) is 3.12. The summed E-state index contributed by atoms with van der Waals surface area (Å²) in [5, 5.41) is 20.5. The summed E-state index contributed by atoms with van der Waals surface area (Å²) >= 11 is 0. The van der Waals surface area contributed by atoms with Gasteiger partial charge in [-0.25, -0.2) is 9.38 Å². The first-order valence-electron chi connectivity index (χ1n) is 11.0. The lowest BCUT2D eigenvalue weighted by Gasteiger charge is -2.24. The van der Waals surface area contributed by atoms with E-state index in [1.54, 1.807) is 12.0 Å². The number of nitro benzene ring substituents is 1. The molecule has 0 bridgehead atoms. The molecule has 4 aromatic rings. The molecule has 3 heterocycles. The summed E-state index contributed by atoms with van der Waals surface area (Å²) in [6.07, 6.45) is 0.746. The molecule has 1 fully saturated rings. The van der Waals surface area contributed by atoms with Crippen molar-refractivity contribution >= 4 is 34.1 Å². The molecule has 1 aliphatic rings. The number of ether oxygens (including phenoxy) is 1. The number of carbonyl (C=O) groups is 1. The zero-order chi connectivity index (χ0) is 23.7. The number of para-hydroxylation sites is 1. The van der Waals surface area contributed by atoms with Gasteiger partial charge in [0, 0.05) is 56.4 Å². The molecule has 1 saturated heterocycles. The summed E-state index contributed by atoms with van der Waals surface area (Å²) in [4.78, 5) is 32.3. The summed E-state index contributed by atoms with van der Waals surface area (Å²) < 4.78 is 7.26. The van der Waals surface area contributed by atoms with Gasteiger partial charge in [0.1, 0.15) is 6.61 Å². The van der Waals surface area contributed by atoms with Crippen LogP contribution in [0.2, 0.25) is 0 Å². The first-order chi connectivity index (χ1) is 16.6. The number of nitro groups is 1. The minimum absolute atomic E-state index is 0.0363. The van der Waals surface area contributed by atoms with E-state index in [1.807, 2.05) is 28.7 Å². The second kappa shape index (κ2) is 9.02. The number of benzene rings is 2. The van der Waals surface area contributed by atoms with Crippen molar-refractivity contribution in [2.45, 2.75) is 13.0 Å². The van der Waals surface area contributed by atoms with Crippen molar-refractivity contribution in [3.05, 3.63) is 70.0 Å². The van der Waals surface area contributed by atoms with Gasteiger partial charge in [-0.3, -0.25) is 14.9 Å². The lowest BCUT2D eigenvalue weighted by atomic mass is 10.2. The number of methoxy groups -OCH3 is 1. The van der Waals surface area contributed by atoms with Gasteiger partial charge in [-0.15, -0.1) is 10.2 Å². The third-order valence-electron chi connectivity index (χ3n) is 5.96. The van der Waals surface area contributed by atoms with E-state index >= 15 is 0 Å². The molecule has 174 valence electrons. The van der Waals surface area contributed by atoms with Gasteiger partial charge in [0.05, 0.1) is 10.4 Å². The number of nitrogens with zero attached hydrogens (tertiary/aromatic N) is 7. The predicted octanol–water partition coefficient (Wildman–Crippen LogP) is 2.68. The van der Waals surface area contributed by atoms with Crippen molar-refractivity contribution in [1.29, 1.82) is 0 Å². The SMILES string of the molecule is COCc1nnc2c3ccccc3nc(N3CCCN(C(=O)c4ccc([N+](=O)[O-])cc4)CC3)n12. The number of anilines is 1. The van der Waals surface area contributed by atoms with Gasteiger partial charge >= 0.3 is 0 Å². The summed E-state index contributed by atoms with van der Waals surface area (Å²) in [6, 6.07) is 13.5. The van der Waals surface area contributed by atoms with E-state index in [4.69, 9.17) is 9.72 Å². The molecule has 11 nitrogen and oxygen atoms in total. The summed E-state index contributed by atoms with van der Waals surface area (Å²) in [6.45, 7) is 2.65. The van der Waals surface area contributed by atoms with Crippen LogP contribution in [-0.2, 0) is 11.3 Å². The van der Waals surface area contributed by atoms with Crippen LogP contribution in [0.3, 0.4) is 0 Å². The van der Waals surface area contributed by atoms with Crippen LogP contribution in [0.25, 0.3) is 16.6 Å². The predicted molar refractivity (Wildman–Crippen MR) is 125 cm³/mol. The van der Waals surface area contributed by atoms with Crippen molar-refractivity contribution in [3.63, 3.8) is 0 Å². The Morgan fingerprint density at radius 2 is 1.85 bits per heavy atom. The number of carbonyl (C=O) groups excluding carboxylic acids is 1. The molecule has 0 spiro atoms. The monoisotopic (exact) mass is 461 g/mol. The third kappa shape index (κ3) is 3.90. The van der Waals surface area contributed by atoms with E-state index in [0.717, 1.165) is 28.9 Å². The van der Waals surface area contributed by atoms with E-state index in [9.17, 15) is 14.9 Å². The Morgan fingerprint density at radius 1 is 1.06 bits per heavy atom. The number of aromatic nitrogens is 4. The molecule has 34 heavy (non-hydrogen) atoms. The Kier molecular flexibility index (Phi) is 5.76. The molecule has 0 aliphatic carbocycles. The Labute approximate surface area is 194 Å². The van der Waals surface area contributed by atoms with Crippen molar-refractivity contribution in [2.75, 3.05) is 38.2 Å². The quantitative estimate of drug-likeness (QED) is 0.329. The van der Waals surface area contributed by atoms with Crippen LogP contribution in [0.1, 0.15) is 22.6 Å². The maximum Gasteiger partial charge on any atom is 0.269 e. The van der Waals surface area contributed by atoms with E-state index in [2.05, 4.69) is 15.1 Å². The Morgan fingerprint density at radius 3 is 2.62 bits per heavy atom. The van der Waals surface area contributed by atoms with Crippen molar-refractivity contribution < 1.29 is 14.5 Å². The second-order valence-corrected chi connectivity index (χ2v) is 8.07. The van der Waals surface area contributed by atoms with E-state index in [0.29, 0.717) is 44.2 Å². The van der Waals surface area contributed by atoms with Crippen LogP contribution in [0.15, 0.2) is 48.5 Å². The highest BCUT2D eigenvalue weighted by Gasteiger charge is 2.25. The van der Waals surface area contributed by atoms with Gasteiger partial charge in [-0.1, -0.05) is 12.1 Å². The molecular formula is C23H23N7O4. The smallest absolute Gasteiger partial charge is 0.269 e. The second-order valence-electron chi connectivity index (χ2n) is 8.07. The highest BCUT2D eigenvalue weighted by molar-refractivity contribution is 5.94. The molecule has 1 amide bonds. The number of rotatable bonds is 5. The van der Waals surface area contributed by atoms with Crippen LogP contribution < -0.4 is 4.90 Å². The van der Waals surface area contributed by atoms with Gasteiger partial charge in [-0.05, 0) is 30.7 Å². The fourth-order valence-corrected chi connectivity index (χ4v) is 4.28. The molecule has 0 atom stereocenters. The summed E-state index contributed by atoms with van der Waals surface area (Å²) in [5.74, 6) is 1.24. The zero-order valence-electron chi connectivity index (χ0n) is 18.6. The first-order valence-corrected chi connectivity index (χ1v) is 11.0. The number of fused-ring (bicyclic) bond motifs is 3. The van der Waals surface area contributed by atoms with E-state index < -0.39 is 4.92 Å². The van der Waals surface area contributed by atoms with Gasteiger partial charge in [0.2, 0.25) is 5.95 Å². The van der Waals surface area contributed by atoms with Crippen LogP contribution in [0, 0.1) is 10.1 Å². The maximum atomic E-state index is 13.0. The molecule has 0 saturated carbocycles. The van der Waals surface area contributed by atoms with Crippen molar-refractivity contribution in [2.24, 2.45) is 0 Å². The summed E-state index contributed by atoms with van der Waals surface area (Å²) in [5.41, 5.74) is 1.94. The van der Waals surface area contributed by atoms with Crippen LogP contribution >= 0.6 is 0 Å². The number of hydrogen-bond acceptors (Lipinski definition) is 8. The number of non-ortho nitro benzene ring substituents is 1. The van der Waals surface area contributed by atoms with Crippen LogP contribution in [0.5, 0.6) is 0 Å². The largest absolute Gasteiger partial charge is 0.377 e. The minimum Gasteiger partial charge on any atom is -0.377 e. The standard InChI is InChI=1S/C23H23N7O4/c1-34-15-20-25-26-21-18-5-2-3-6-19(18)24-23(29(20)21)28-12-4-11-27(13-14-28)22(31)16-7-9-17(10-8-16)30(32)33/h2-3,5-10H,4,11-15H2,1H3. The first kappa shape index (κ1) is 21.7. The van der Waals surface area contributed by atoms with Gasteiger partial charge in [0.15, 0.2) is 11.5 Å². The highest BCUT2D eigenvalue weighted by Crippen LogP contribution is 2.25. The topological polar surface area (TPSA) is 119 Å². The van der Waals surface area contributed by atoms with Crippen LogP contribution in [0.4, 0.5) is 11.6 Å². The Hall–Kier alpha value is -4.12. The third-order valence-corrected chi connectivity index (χ3v) is 5.96. The zero-order valence-corrected chi connectivity index (χ0v) is 18.6. The molecule has 0 N–H and O–H groups in total. The molecule has 0 unspecified atom stereocenters. The van der Waals surface area contributed by atoms with Crippen molar-refractivity contribution in [3.8, 4) is 0 Å². The molecule has 11 heteroatoms. The van der Waals surface area contributed by atoms with Gasteiger partial charge < -0.3 is 14.5 Å². The minimum atomic E-state index is -0.474. The molecule has 1 aliphatic heterocycles.